The Morgan fingerprint density at radius 3 is 2.94 bits per heavy atom. The number of carbonyl (C=O) groups excluding carboxylic acids is 1. The van der Waals surface area contributed by atoms with Crippen LogP contribution in [0.3, 0.4) is 0 Å². The Labute approximate surface area is 99.4 Å². The summed E-state index contributed by atoms with van der Waals surface area (Å²) in [6.45, 7) is 0.758. The minimum absolute atomic E-state index is 0.0901. The number of pyridine rings is 1. The number of hydrogen-bond donors (Lipinski definition) is 2. The number of anilines is 1. The van der Waals surface area contributed by atoms with E-state index in [-0.39, 0.29) is 5.91 Å². The Hall–Kier alpha value is -1.29. The quantitative estimate of drug-likeness (QED) is 0.790. The molecule has 0 aromatic carbocycles. The minimum atomic E-state index is -0.0901. The van der Waals surface area contributed by atoms with Crippen molar-refractivity contribution in [2.45, 2.75) is 12.8 Å². The van der Waals surface area contributed by atoms with Crippen molar-refractivity contribution in [3.8, 4) is 0 Å². The van der Waals surface area contributed by atoms with Crippen molar-refractivity contribution in [1.82, 2.24) is 10.3 Å². The molecule has 1 aromatic rings. The first-order valence-corrected chi connectivity index (χ1v) is 5.70. The fraction of sp³-hybridized carbons (Fsp3) is 0.455. The first kappa shape index (κ1) is 11.2. The molecule has 1 aliphatic carbocycles. The monoisotopic (exact) mass is 239 g/mol. The second-order valence-electron chi connectivity index (χ2n) is 3.97. The fourth-order valence-corrected chi connectivity index (χ4v) is 1.63. The van der Waals surface area contributed by atoms with Crippen molar-refractivity contribution in [2.75, 3.05) is 18.9 Å². The summed E-state index contributed by atoms with van der Waals surface area (Å²) in [5.41, 5.74) is 0.546. The van der Waals surface area contributed by atoms with E-state index in [1.807, 2.05) is 0 Å². The average Bonchev–Trinajstić information content (AvgIpc) is 3.08. The summed E-state index contributed by atoms with van der Waals surface area (Å²) in [7, 11) is 1.74. The van der Waals surface area contributed by atoms with E-state index >= 15 is 0 Å². The molecule has 1 heterocycles. The molecule has 1 aromatic heterocycles. The van der Waals surface area contributed by atoms with Gasteiger partial charge in [-0.3, -0.25) is 4.79 Å². The summed E-state index contributed by atoms with van der Waals surface area (Å²) in [6, 6.07) is 3.26. The molecule has 0 unspecified atom stereocenters. The molecule has 1 amide bonds. The SMILES string of the molecule is CNc1cc(C(=O)NCC2CC2)cc(Cl)n1. The Morgan fingerprint density at radius 2 is 2.31 bits per heavy atom. The van der Waals surface area contributed by atoms with Gasteiger partial charge in [0.15, 0.2) is 0 Å². The summed E-state index contributed by atoms with van der Waals surface area (Å²) in [4.78, 5) is 15.8. The van der Waals surface area contributed by atoms with Crippen molar-refractivity contribution in [3.05, 3.63) is 22.8 Å². The zero-order valence-corrected chi connectivity index (χ0v) is 9.84. The number of rotatable bonds is 4. The molecule has 0 radical (unpaired) electrons. The molecule has 0 bridgehead atoms. The third-order valence-electron chi connectivity index (χ3n) is 2.56. The van der Waals surface area contributed by atoms with Crippen LogP contribution >= 0.6 is 11.6 Å². The van der Waals surface area contributed by atoms with Crippen LogP contribution in [0.2, 0.25) is 5.15 Å². The number of nitrogens with one attached hydrogen (secondary N) is 2. The van der Waals surface area contributed by atoms with Crippen LogP contribution in [0.1, 0.15) is 23.2 Å². The molecular weight excluding hydrogens is 226 g/mol. The molecule has 1 saturated carbocycles. The number of aromatic nitrogens is 1. The van der Waals surface area contributed by atoms with Crippen LogP contribution in [-0.2, 0) is 0 Å². The Kier molecular flexibility index (Phi) is 3.29. The highest BCUT2D eigenvalue weighted by atomic mass is 35.5. The second kappa shape index (κ2) is 4.70. The van der Waals surface area contributed by atoms with Crippen LogP contribution in [0.15, 0.2) is 12.1 Å². The molecule has 2 N–H and O–H groups in total. The number of halogens is 1. The van der Waals surface area contributed by atoms with Gasteiger partial charge in [-0.1, -0.05) is 11.6 Å². The van der Waals surface area contributed by atoms with Crippen LogP contribution in [0.5, 0.6) is 0 Å². The van der Waals surface area contributed by atoms with E-state index in [0.717, 1.165) is 6.54 Å². The van der Waals surface area contributed by atoms with E-state index in [1.54, 1.807) is 19.2 Å². The van der Waals surface area contributed by atoms with E-state index in [2.05, 4.69) is 15.6 Å². The van der Waals surface area contributed by atoms with Gasteiger partial charge in [0.2, 0.25) is 0 Å². The maximum atomic E-state index is 11.8. The summed E-state index contributed by atoms with van der Waals surface area (Å²) in [6.07, 6.45) is 2.44. The van der Waals surface area contributed by atoms with Gasteiger partial charge < -0.3 is 10.6 Å². The predicted molar refractivity (Wildman–Crippen MR) is 63.9 cm³/mol. The molecule has 0 spiro atoms. The fourth-order valence-electron chi connectivity index (χ4n) is 1.42. The number of carbonyl (C=O) groups is 1. The molecule has 0 atom stereocenters. The molecule has 1 aliphatic rings. The van der Waals surface area contributed by atoms with Crippen LogP contribution in [0.25, 0.3) is 0 Å². The molecule has 0 saturated heterocycles. The van der Waals surface area contributed by atoms with Crippen LogP contribution in [-0.4, -0.2) is 24.5 Å². The van der Waals surface area contributed by atoms with Gasteiger partial charge in [-0.25, -0.2) is 4.98 Å². The highest BCUT2D eigenvalue weighted by Crippen LogP contribution is 2.27. The summed E-state index contributed by atoms with van der Waals surface area (Å²) in [5.74, 6) is 1.18. The van der Waals surface area contributed by atoms with Crippen molar-refractivity contribution < 1.29 is 4.79 Å². The van der Waals surface area contributed by atoms with E-state index in [4.69, 9.17) is 11.6 Å². The van der Waals surface area contributed by atoms with Crippen LogP contribution in [0.4, 0.5) is 5.82 Å². The van der Waals surface area contributed by atoms with Gasteiger partial charge in [-0.2, -0.15) is 0 Å². The first-order chi connectivity index (χ1) is 7.69. The van der Waals surface area contributed by atoms with Crippen LogP contribution in [0, 0.1) is 5.92 Å². The van der Waals surface area contributed by atoms with Crippen molar-refractivity contribution in [3.63, 3.8) is 0 Å². The topological polar surface area (TPSA) is 54.0 Å². The molecule has 1 fully saturated rings. The minimum Gasteiger partial charge on any atom is -0.373 e. The third-order valence-corrected chi connectivity index (χ3v) is 2.75. The van der Waals surface area contributed by atoms with Gasteiger partial charge in [-0.15, -0.1) is 0 Å². The molecule has 0 aliphatic heterocycles. The number of nitrogens with zero attached hydrogens (tertiary/aromatic N) is 1. The lowest BCUT2D eigenvalue weighted by Gasteiger charge is -2.06. The summed E-state index contributed by atoms with van der Waals surface area (Å²) in [5, 5.41) is 6.07. The largest absolute Gasteiger partial charge is 0.373 e. The predicted octanol–water partition coefficient (Wildman–Crippen LogP) is 1.92. The van der Waals surface area contributed by atoms with Crippen molar-refractivity contribution in [1.29, 1.82) is 0 Å². The van der Waals surface area contributed by atoms with Gasteiger partial charge in [0.05, 0.1) is 0 Å². The van der Waals surface area contributed by atoms with Crippen molar-refractivity contribution >= 4 is 23.3 Å². The van der Waals surface area contributed by atoms with Crippen LogP contribution < -0.4 is 10.6 Å². The smallest absolute Gasteiger partial charge is 0.251 e. The van der Waals surface area contributed by atoms with Crippen molar-refractivity contribution in [2.24, 2.45) is 5.92 Å². The van der Waals surface area contributed by atoms with E-state index in [9.17, 15) is 4.79 Å². The second-order valence-corrected chi connectivity index (χ2v) is 4.35. The standard InChI is InChI=1S/C11H14ClN3O/c1-13-10-5-8(4-9(12)15-10)11(16)14-6-7-2-3-7/h4-5,7H,2-3,6H2,1H3,(H,13,15)(H,14,16). The molecule has 4 nitrogen and oxygen atoms in total. The van der Waals surface area contributed by atoms with Gasteiger partial charge >= 0.3 is 0 Å². The molecule has 2 rings (SSSR count). The lowest BCUT2D eigenvalue weighted by Crippen LogP contribution is -2.25. The van der Waals surface area contributed by atoms with E-state index < -0.39 is 0 Å². The Morgan fingerprint density at radius 1 is 1.56 bits per heavy atom. The van der Waals surface area contributed by atoms with Gasteiger partial charge in [0.1, 0.15) is 11.0 Å². The molecule has 86 valence electrons. The highest BCUT2D eigenvalue weighted by molar-refractivity contribution is 6.29. The number of amides is 1. The number of hydrogen-bond acceptors (Lipinski definition) is 3. The third kappa shape index (κ3) is 2.85. The summed E-state index contributed by atoms with van der Waals surface area (Å²) >= 11 is 5.82. The maximum absolute atomic E-state index is 11.8. The molecule has 16 heavy (non-hydrogen) atoms. The summed E-state index contributed by atoms with van der Waals surface area (Å²) < 4.78 is 0. The lowest BCUT2D eigenvalue weighted by atomic mass is 10.2. The van der Waals surface area contributed by atoms with Gasteiger partial charge in [0.25, 0.3) is 5.91 Å². The van der Waals surface area contributed by atoms with Gasteiger partial charge in [-0.05, 0) is 30.9 Å². The maximum Gasteiger partial charge on any atom is 0.251 e. The average molecular weight is 240 g/mol. The Balaban J connectivity index is 2.05. The van der Waals surface area contributed by atoms with E-state index in [1.165, 1.54) is 12.8 Å². The molecular formula is C11H14ClN3O. The van der Waals surface area contributed by atoms with E-state index in [0.29, 0.717) is 22.5 Å². The molecule has 5 heteroatoms. The zero-order chi connectivity index (χ0) is 11.5. The van der Waals surface area contributed by atoms with Gasteiger partial charge in [0, 0.05) is 19.2 Å². The zero-order valence-electron chi connectivity index (χ0n) is 9.09. The normalized spacial score (nSPS) is 14.6. The first-order valence-electron chi connectivity index (χ1n) is 5.32. The lowest BCUT2D eigenvalue weighted by molar-refractivity contribution is 0.0951. The Bertz CT molecular complexity index is 404. The highest BCUT2D eigenvalue weighted by Gasteiger charge is 2.22.